The van der Waals surface area contributed by atoms with Gasteiger partial charge in [0.05, 0.1) is 0 Å². The zero-order valence-electron chi connectivity index (χ0n) is 18.0. The smallest absolute Gasteiger partial charge is 0.190 e. The number of aliphatic imine (C=N–C) groups is 1. The van der Waals surface area contributed by atoms with Crippen LogP contribution in [-0.4, -0.2) is 74.1 Å². The second-order valence-corrected chi connectivity index (χ2v) is 8.13. The van der Waals surface area contributed by atoms with Gasteiger partial charge in [-0.15, -0.1) is 0 Å². The van der Waals surface area contributed by atoms with E-state index in [-0.39, 0.29) is 0 Å². The van der Waals surface area contributed by atoms with E-state index in [4.69, 9.17) is 11.6 Å². The quantitative estimate of drug-likeness (QED) is 0.293. The van der Waals surface area contributed by atoms with Crippen LogP contribution in [0.3, 0.4) is 0 Å². The minimum absolute atomic E-state index is 0.468. The molecule has 1 aliphatic rings. The molecule has 7 heteroatoms. The van der Waals surface area contributed by atoms with Crippen LogP contribution in [0.15, 0.2) is 53.7 Å². The van der Waals surface area contributed by atoms with E-state index in [1.165, 1.54) is 5.56 Å². The maximum atomic E-state index is 5.83. The van der Waals surface area contributed by atoms with Crippen LogP contribution in [0.25, 0.3) is 0 Å². The van der Waals surface area contributed by atoms with Crippen molar-refractivity contribution in [3.63, 3.8) is 0 Å². The van der Waals surface area contributed by atoms with E-state index in [2.05, 4.69) is 67.8 Å². The molecule has 0 aliphatic carbocycles. The van der Waals surface area contributed by atoms with Crippen LogP contribution in [0.1, 0.15) is 23.6 Å². The number of likely N-dealkylation sites (N-methyl/N-ethyl adjacent to an activating group) is 1. The normalized spacial score (nSPS) is 18.4. The highest BCUT2D eigenvalue weighted by molar-refractivity contribution is 6.29. The predicted octanol–water partition coefficient (Wildman–Crippen LogP) is 2.82. The SMILES string of the molecule is CN=C(NCCCN1CCN(C)CC1c1ccccc1)NCCc1ccc(Cl)nc1. The third-order valence-electron chi connectivity index (χ3n) is 5.51. The third kappa shape index (κ3) is 6.97. The summed E-state index contributed by atoms with van der Waals surface area (Å²) < 4.78 is 0. The summed E-state index contributed by atoms with van der Waals surface area (Å²) in [5, 5.41) is 7.33. The Balaban J connectivity index is 1.39. The number of nitrogens with one attached hydrogen (secondary N) is 2. The molecule has 1 atom stereocenters. The van der Waals surface area contributed by atoms with Crippen LogP contribution in [0.2, 0.25) is 5.15 Å². The zero-order valence-corrected chi connectivity index (χ0v) is 18.8. The van der Waals surface area contributed by atoms with Gasteiger partial charge in [-0.05, 0) is 37.1 Å². The standard InChI is InChI=1S/C23H33ClN6/c1-25-23(27-13-11-19-9-10-22(24)28-17-19)26-12-6-14-30-16-15-29(2)18-21(30)20-7-4-3-5-8-20/h3-5,7-10,17,21H,6,11-16,18H2,1-2H3,(H2,25,26,27). The van der Waals surface area contributed by atoms with Gasteiger partial charge >= 0.3 is 0 Å². The number of halogens is 1. The van der Waals surface area contributed by atoms with E-state index < -0.39 is 0 Å². The van der Waals surface area contributed by atoms with Gasteiger partial charge in [0.2, 0.25) is 0 Å². The van der Waals surface area contributed by atoms with Crippen molar-refractivity contribution in [1.29, 1.82) is 0 Å². The van der Waals surface area contributed by atoms with E-state index in [9.17, 15) is 0 Å². The molecule has 2 aromatic rings. The maximum Gasteiger partial charge on any atom is 0.190 e. The van der Waals surface area contributed by atoms with Crippen molar-refractivity contribution in [2.45, 2.75) is 18.9 Å². The molecular weight excluding hydrogens is 396 g/mol. The van der Waals surface area contributed by atoms with Gasteiger partial charge in [-0.2, -0.15) is 0 Å². The van der Waals surface area contributed by atoms with Gasteiger partial charge < -0.3 is 15.5 Å². The van der Waals surface area contributed by atoms with Crippen molar-refractivity contribution < 1.29 is 0 Å². The number of piperazine rings is 1. The Kier molecular flexibility index (Phi) is 8.93. The van der Waals surface area contributed by atoms with Crippen LogP contribution >= 0.6 is 11.6 Å². The molecule has 162 valence electrons. The number of hydrogen-bond acceptors (Lipinski definition) is 4. The van der Waals surface area contributed by atoms with Crippen molar-refractivity contribution in [3.05, 3.63) is 64.9 Å². The molecular formula is C23H33ClN6. The molecule has 2 heterocycles. The average molecular weight is 429 g/mol. The fraction of sp³-hybridized carbons (Fsp3) is 0.478. The number of guanidine groups is 1. The third-order valence-corrected chi connectivity index (χ3v) is 5.74. The summed E-state index contributed by atoms with van der Waals surface area (Å²) in [5.74, 6) is 0.843. The van der Waals surface area contributed by atoms with E-state index >= 15 is 0 Å². The molecule has 0 spiro atoms. The number of hydrogen-bond donors (Lipinski definition) is 2. The van der Waals surface area contributed by atoms with Gasteiger partial charge in [-0.1, -0.05) is 48.0 Å². The Bertz CT molecular complexity index is 780. The lowest BCUT2D eigenvalue weighted by Gasteiger charge is -2.40. The molecule has 6 nitrogen and oxygen atoms in total. The highest BCUT2D eigenvalue weighted by Gasteiger charge is 2.25. The van der Waals surface area contributed by atoms with Crippen LogP contribution in [0.5, 0.6) is 0 Å². The molecule has 0 bridgehead atoms. The number of nitrogens with zero attached hydrogens (tertiary/aromatic N) is 4. The first-order chi connectivity index (χ1) is 14.7. The van der Waals surface area contributed by atoms with Crippen LogP contribution in [0, 0.1) is 0 Å². The molecule has 1 saturated heterocycles. The summed E-state index contributed by atoms with van der Waals surface area (Å²) in [7, 11) is 4.02. The number of benzene rings is 1. The summed E-state index contributed by atoms with van der Waals surface area (Å²) in [6, 6.07) is 15.2. The first-order valence-corrected chi connectivity index (χ1v) is 11.1. The van der Waals surface area contributed by atoms with Crippen molar-refractivity contribution in [1.82, 2.24) is 25.4 Å². The number of aromatic nitrogens is 1. The lowest BCUT2D eigenvalue weighted by Crippen LogP contribution is -2.47. The summed E-state index contributed by atoms with van der Waals surface area (Å²) >= 11 is 5.83. The maximum absolute atomic E-state index is 5.83. The Morgan fingerprint density at radius 2 is 1.93 bits per heavy atom. The Morgan fingerprint density at radius 3 is 2.67 bits per heavy atom. The highest BCUT2D eigenvalue weighted by Crippen LogP contribution is 2.24. The molecule has 1 unspecified atom stereocenters. The van der Waals surface area contributed by atoms with E-state index in [0.717, 1.165) is 63.6 Å². The molecule has 0 saturated carbocycles. The molecule has 1 aliphatic heterocycles. The molecule has 30 heavy (non-hydrogen) atoms. The van der Waals surface area contributed by atoms with E-state index in [1.807, 2.05) is 25.4 Å². The van der Waals surface area contributed by atoms with Crippen molar-refractivity contribution in [2.75, 3.05) is 53.4 Å². The van der Waals surface area contributed by atoms with Crippen LogP contribution in [-0.2, 0) is 6.42 Å². The Labute approximate surface area is 185 Å². The van der Waals surface area contributed by atoms with Gasteiger partial charge in [0.1, 0.15) is 5.15 Å². The summed E-state index contributed by atoms with van der Waals surface area (Å²) in [5.41, 5.74) is 2.57. The Morgan fingerprint density at radius 1 is 1.13 bits per heavy atom. The average Bonchev–Trinajstić information content (AvgIpc) is 2.78. The van der Waals surface area contributed by atoms with Gasteiger partial charge in [0.25, 0.3) is 0 Å². The van der Waals surface area contributed by atoms with Gasteiger partial charge in [0, 0.05) is 58.6 Å². The first kappa shape index (κ1) is 22.5. The van der Waals surface area contributed by atoms with E-state index in [1.54, 1.807) is 0 Å². The summed E-state index contributed by atoms with van der Waals surface area (Å²) in [4.78, 5) is 13.5. The molecule has 1 aromatic carbocycles. The second-order valence-electron chi connectivity index (χ2n) is 7.74. The molecule has 1 aromatic heterocycles. The highest BCUT2D eigenvalue weighted by atomic mass is 35.5. The van der Waals surface area contributed by atoms with Gasteiger partial charge in [-0.25, -0.2) is 4.98 Å². The lowest BCUT2D eigenvalue weighted by atomic mass is 10.0. The fourth-order valence-electron chi connectivity index (χ4n) is 3.81. The fourth-order valence-corrected chi connectivity index (χ4v) is 3.92. The van der Waals surface area contributed by atoms with Gasteiger partial charge in [-0.3, -0.25) is 9.89 Å². The lowest BCUT2D eigenvalue weighted by molar-refractivity contribution is 0.0891. The largest absolute Gasteiger partial charge is 0.356 e. The molecule has 0 radical (unpaired) electrons. The van der Waals surface area contributed by atoms with Crippen molar-refractivity contribution in [3.8, 4) is 0 Å². The monoisotopic (exact) mass is 428 g/mol. The molecule has 0 amide bonds. The summed E-state index contributed by atoms with van der Waals surface area (Å²) in [6.45, 7) is 6.10. The van der Waals surface area contributed by atoms with Crippen molar-refractivity contribution >= 4 is 17.6 Å². The van der Waals surface area contributed by atoms with Crippen LogP contribution in [0.4, 0.5) is 0 Å². The van der Waals surface area contributed by atoms with Crippen LogP contribution < -0.4 is 10.6 Å². The molecule has 3 rings (SSSR count). The first-order valence-electron chi connectivity index (χ1n) is 10.7. The topological polar surface area (TPSA) is 55.8 Å². The summed E-state index contributed by atoms with van der Waals surface area (Å²) in [6.07, 6.45) is 3.78. The Hall–Kier alpha value is -2.15. The predicted molar refractivity (Wildman–Crippen MR) is 125 cm³/mol. The van der Waals surface area contributed by atoms with Gasteiger partial charge in [0.15, 0.2) is 5.96 Å². The molecule has 2 N–H and O–H groups in total. The van der Waals surface area contributed by atoms with Crippen molar-refractivity contribution in [2.24, 2.45) is 4.99 Å². The second kappa shape index (κ2) is 11.9. The minimum Gasteiger partial charge on any atom is -0.356 e. The minimum atomic E-state index is 0.468. The molecule has 1 fully saturated rings. The zero-order chi connectivity index (χ0) is 21.2. The number of rotatable bonds is 8. The van der Waals surface area contributed by atoms with E-state index in [0.29, 0.717) is 11.2 Å². The number of pyridine rings is 1.